The molecule has 0 amide bonds. The molecule has 0 bridgehead atoms. The standard InChI is InChI=1S/C34H38ClN7O3S/c1-19-14-25-29(27(20-6-8-22(35)9-7-20)26(19)28(33(43)44)45-34(2,3)4)46-32(38-25)21-15-24-30(37-16-21)40(5)39-31(24)42-12-10-41(11-13-42)23-17-36-18-23/h6-9,14-16,23,28,36H,10-13,17-18H2,1-5H3,(H,43,44)/t28-/m0/s1. The highest BCUT2D eigenvalue weighted by Crippen LogP contribution is 2.44. The molecule has 5 heterocycles. The van der Waals surface area contributed by atoms with E-state index in [0.29, 0.717) is 16.6 Å². The lowest BCUT2D eigenvalue weighted by Gasteiger charge is -2.43. The molecule has 0 saturated carbocycles. The second-order valence-corrected chi connectivity index (χ2v) is 14.6. The number of carbonyl (C=O) groups is 1. The predicted octanol–water partition coefficient (Wildman–Crippen LogP) is 5.91. The summed E-state index contributed by atoms with van der Waals surface area (Å²) >= 11 is 7.80. The minimum absolute atomic E-state index is 0.605. The molecule has 0 radical (unpaired) electrons. The first-order valence-electron chi connectivity index (χ1n) is 15.6. The molecule has 46 heavy (non-hydrogen) atoms. The van der Waals surface area contributed by atoms with Crippen molar-refractivity contribution in [3.8, 4) is 21.7 Å². The number of benzene rings is 2. The molecule has 12 heteroatoms. The van der Waals surface area contributed by atoms with Gasteiger partial charge >= 0.3 is 5.97 Å². The summed E-state index contributed by atoms with van der Waals surface area (Å²) in [5.74, 6) is -0.0933. The Bertz CT molecular complexity index is 1940. The number of hydrogen-bond donors (Lipinski definition) is 2. The Morgan fingerprint density at radius 1 is 1.11 bits per heavy atom. The number of pyridine rings is 1. The SMILES string of the molecule is Cc1cc2nc(-c3cnc4c(c3)c(N3CCN(C5CNC5)CC3)nn4C)sc2c(-c2ccc(Cl)cc2)c1[C@H](OC(C)(C)C)C(=O)O. The fraction of sp³-hybridized carbons (Fsp3) is 0.412. The average molecular weight is 660 g/mol. The maximum Gasteiger partial charge on any atom is 0.337 e. The van der Waals surface area contributed by atoms with Crippen LogP contribution in [0.3, 0.4) is 0 Å². The Morgan fingerprint density at radius 3 is 2.46 bits per heavy atom. The average Bonchev–Trinajstić information content (AvgIpc) is 3.55. The van der Waals surface area contributed by atoms with Gasteiger partial charge in [-0.3, -0.25) is 4.90 Å². The molecular formula is C34H38ClN7O3S. The number of carboxylic acid groups (broad SMARTS) is 1. The maximum absolute atomic E-state index is 12.7. The molecule has 1 atom stereocenters. The van der Waals surface area contributed by atoms with Crippen molar-refractivity contribution in [3.05, 3.63) is 58.7 Å². The lowest BCUT2D eigenvalue weighted by molar-refractivity contribution is -0.160. The lowest BCUT2D eigenvalue weighted by atomic mass is 9.91. The summed E-state index contributed by atoms with van der Waals surface area (Å²) in [7, 11) is 1.94. The van der Waals surface area contributed by atoms with E-state index in [2.05, 4.69) is 21.2 Å². The zero-order chi connectivity index (χ0) is 32.3. The van der Waals surface area contributed by atoms with Crippen LogP contribution >= 0.6 is 22.9 Å². The van der Waals surface area contributed by atoms with E-state index in [1.807, 2.05) is 76.0 Å². The molecule has 10 nitrogen and oxygen atoms in total. The summed E-state index contributed by atoms with van der Waals surface area (Å²) in [4.78, 5) is 27.6. The lowest BCUT2D eigenvalue weighted by Crippen LogP contribution is -2.61. The first-order chi connectivity index (χ1) is 22.0. The number of piperazine rings is 1. The highest BCUT2D eigenvalue weighted by atomic mass is 35.5. The van der Waals surface area contributed by atoms with Gasteiger partial charge in [0.25, 0.3) is 0 Å². The highest BCUT2D eigenvalue weighted by Gasteiger charge is 2.33. The quantitative estimate of drug-likeness (QED) is 0.220. The summed E-state index contributed by atoms with van der Waals surface area (Å²) in [6, 6.07) is 12.2. The molecule has 2 N–H and O–H groups in total. The first kappa shape index (κ1) is 31.0. The van der Waals surface area contributed by atoms with Gasteiger partial charge in [0.2, 0.25) is 0 Å². The molecule has 2 fully saturated rings. The molecule has 2 aliphatic heterocycles. The molecule has 240 valence electrons. The van der Waals surface area contributed by atoms with Gasteiger partial charge in [-0.25, -0.2) is 19.4 Å². The largest absolute Gasteiger partial charge is 0.479 e. The number of rotatable bonds is 7. The highest BCUT2D eigenvalue weighted by molar-refractivity contribution is 7.22. The van der Waals surface area contributed by atoms with Crippen LogP contribution < -0.4 is 10.2 Å². The van der Waals surface area contributed by atoms with Crippen LogP contribution in [0.2, 0.25) is 5.02 Å². The van der Waals surface area contributed by atoms with Crippen molar-refractivity contribution in [2.24, 2.45) is 7.05 Å². The molecule has 0 aliphatic carbocycles. The third-order valence-electron chi connectivity index (χ3n) is 8.81. The van der Waals surface area contributed by atoms with E-state index in [1.54, 1.807) is 0 Å². The van der Waals surface area contributed by atoms with Gasteiger partial charge in [-0.2, -0.15) is 5.10 Å². The summed E-state index contributed by atoms with van der Waals surface area (Å²) in [6.45, 7) is 13.5. The van der Waals surface area contributed by atoms with E-state index in [1.165, 1.54) is 11.3 Å². The van der Waals surface area contributed by atoms with Gasteiger partial charge in [-0.05, 0) is 63.1 Å². The van der Waals surface area contributed by atoms with Crippen molar-refractivity contribution in [1.82, 2.24) is 30.0 Å². The van der Waals surface area contributed by atoms with Crippen molar-refractivity contribution < 1.29 is 14.6 Å². The van der Waals surface area contributed by atoms with Crippen LogP contribution in [0.5, 0.6) is 0 Å². The number of fused-ring (bicyclic) bond motifs is 2. The van der Waals surface area contributed by atoms with E-state index in [4.69, 9.17) is 31.4 Å². The first-order valence-corrected chi connectivity index (χ1v) is 16.8. The molecular weight excluding hydrogens is 622 g/mol. The number of carboxylic acids is 1. The number of ether oxygens (including phenoxy) is 1. The van der Waals surface area contributed by atoms with Crippen molar-refractivity contribution in [1.29, 1.82) is 0 Å². The number of thiazole rings is 1. The Morgan fingerprint density at radius 2 is 1.83 bits per heavy atom. The minimum atomic E-state index is -1.17. The Labute approximate surface area is 277 Å². The van der Waals surface area contributed by atoms with Crippen molar-refractivity contribution in [2.75, 3.05) is 44.2 Å². The van der Waals surface area contributed by atoms with Gasteiger partial charge < -0.3 is 20.1 Å². The summed E-state index contributed by atoms with van der Waals surface area (Å²) < 4.78 is 8.91. The second kappa shape index (κ2) is 11.9. The second-order valence-electron chi connectivity index (χ2n) is 13.2. The molecule has 5 aromatic rings. The van der Waals surface area contributed by atoms with Gasteiger partial charge in [0.05, 0.1) is 21.2 Å². The maximum atomic E-state index is 12.7. The third kappa shape index (κ3) is 5.75. The van der Waals surface area contributed by atoms with Gasteiger partial charge in [0, 0.05) is 80.3 Å². The van der Waals surface area contributed by atoms with E-state index in [-0.39, 0.29) is 0 Å². The molecule has 2 aromatic carbocycles. The zero-order valence-electron chi connectivity index (χ0n) is 26.7. The predicted molar refractivity (Wildman–Crippen MR) is 184 cm³/mol. The Hall–Kier alpha value is -3.61. The molecule has 2 saturated heterocycles. The van der Waals surface area contributed by atoms with Crippen LogP contribution in [0.15, 0.2) is 42.6 Å². The topological polar surface area (TPSA) is 109 Å². The van der Waals surface area contributed by atoms with Gasteiger partial charge in [0.1, 0.15) is 5.01 Å². The van der Waals surface area contributed by atoms with E-state index < -0.39 is 17.7 Å². The zero-order valence-corrected chi connectivity index (χ0v) is 28.2. The number of aryl methyl sites for hydroxylation is 2. The molecule has 2 aliphatic rings. The smallest absolute Gasteiger partial charge is 0.337 e. The van der Waals surface area contributed by atoms with Gasteiger partial charge in [-0.15, -0.1) is 11.3 Å². The van der Waals surface area contributed by atoms with E-state index in [9.17, 15) is 9.90 Å². The van der Waals surface area contributed by atoms with E-state index in [0.717, 1.165) is 93.6 Å². The molecule has 0 spiro atoms. The summed E-state index contributed by atoms with van der Waals surface area (Å²) in [6.07, 6.45) is 0.684. The summed E-state index contributed by atoms with van der Waals surface area (Å²) in [5, 5.41) is 21.1. The number of anilines is 1. The number of nitrogens with one attached hydrogen (secondary N) is 1. The van der Waals surface area contributed by atoms with Crippen molar-refractivity contribution >= 4 is 56.0 Å². The van der Waals surface area contributed by atoms with E-state index >= 15 is 0 Å². The number of aliphatic carboxylic acids is 1. The molecule has 3 aromatic heterocycles. The third-order valence-corrected chi connectivity index (χ3v) is 10.2. The normalized spacial score (nSPS) is 17.1. The fourth-order valence-electron chi connectivity index (χ4n) is 6.47. The number of halogens is 1. The van der Waals surface area contributed by atoms with Crippen molar-refractivity contribution in [3.63, 3.8) is 0 Å². The van der Waals surface area contributed by atoms with Crippen LogP contribution in [0, 0.1) is 6.92 Å². The van der Waals surface area contributed by atoms with Gasteiger partial charge in [-0.1, -0.05) is 23.7 Å². The van der Waals surface area contributed by atoms with Crippen LogP contribution in [-0.4, -0.2) is 86.6 Å². The Balaban J connectivity index is 1.33. The summed E-state index contributed by atoms with van der Waals surface area (Å²) in [5.41, 5.74) is 4.90. The Kier molecular flexibility index (Phi) is 8.01. The molecule has 7 rings (SSSR count). The number of nitrogens with zero attached hydrogens (tertiary/aromatic N) is 6. The number of hydrogen-bond acceptors (Lipinski definition) is 9. The van der Waals surface area contributed by atoms with Crippen LogP contribution in [0.1, 0.15) is 38.0 Å². The van der Waals surface area contributed by atoms with Crippen molar-refractivity contribution in [2.45, 2.75) is 45.4 Å². The number of aromatic nitrogens is 4. The monoisotopic (exact) mass is 659 g/mol. The van der Waals surface area contributed by atoms with Gasteiger partial charge in [0.15, 0.2) is 17.6 Å². The van der Waals surface area contributed by atoms with Crippen LogP contribution in [0.25, 0.3) is 42.9 Å². The molecule has 0 unspecified atom stereocenters. The minimum Gasteiger partial charge on any atom is -0.479 e. The van der Waals surface area contributed by atoms with Crippen LogP contribution in [-0.2, 0) is 16.6 Å². The fourth-order valence-corrected chi connectivity index (χ4v) is 7.70. The van der Waals surface area contributed by atoms with Crippen LogP contribution in [0.4, 0.5) is 5.82 Å².